The quantitative estimate of drug-likeness (QED) is 0.0995. The molecule has 0 aliphatic rings. The first-order valence-electron chi connectivity index (χ1n) is 17.9. The summed E-state index contributed by atoms with van der Waals surface area (Å²) in [6.45, 7) is 37.0. The molecule has 0 aliphatic carbocycles. The van der Waals surface area contributed by atoms with Gasteiger partial charge in [-0.1, -0.05) is 131 Å². The molecule has 46 heavy (non-hydrogen) atoms. The van der Waals surface area contributed by atoms with Gasteiger partial charge in [0.1, 0.15) is 0 Å². The lowest BCUT2D eigenvalue weighted by Gasteiger charge is -2.11. The van der Waals surface area contributed by atoms with Crippen LogP contribution in [0.3, 0.4) is 0 Å². The van der Waals surface area contributed by atoms with Crippen LogP contribution in [0, 0.1) is 6.92 Å². The first kappa shape index (κ1) is 50.1. The van der Waals surface area contributed by atoms with Gasteiger partial charge in [0.15, 0.2) is 0 Å². The zero-order chi connectivity index (χ0) is 36.3. The number of hydrogen-bond acceptors (Lipinski definition) is 3. The van der Waals surface area contributed by atoms with Crippen LogP contribution in [0.2, 0.25) is 0 Å². The summed E-state index contributed by atoms with van der Waals surface area (Å²) in [6, 6.07) is 17.4. The van der Waals surface area contributed by atoms with Gasteiger partial charge in [-0.3, -0.25) is 9.98 Å². The Balaban J connectivity index is -0.000000366. The predicted octanol–water partition coefficient (Wildman–Crippen LogP) is 13.3. The molecule has 0 spiro atoms. The molecule has 0 heterocycles. The van der Waals surface area contributed by atoms with E-state index in [4.69, 9.17) is 4.99 Å². The van der Waals surface area contributed by atoms with Crippen LogP contribution in [0.5, 0.6) is 0 Å². The molecule has 4 heteroatoms. The number of allylic oxidation sites excluding steroid dienone is 4. The summed E-state index contributed by atoms with van der Waals surface area (Å²) in [7, 11) is 2.74. The van der Waals surface area contributed by atoms with Crippen molar-refractivity contribution in [1.29, 1.82) is 0 Å². The molecule has 2 aromatic rings. The van der Waals surface area contributed by atoms with Gasteiger partial charge in [0.05, 0.1) is 5.71 Å². The van der Waals surface area contributed by atoms with E-state index in [1.807, 2.05) is 61.6 Å². The van der Waals surface area contributed by atoms with E-state index in [-0.39, 0.29) is 0 Å². The van der Waals surface area contributed by atoms with Crippen molar-refractivity contribution in [3.05, 3.63) is 107 Å². The molecule has 0 bridgehead atoms. The molecule has 1 N–H and O–H groups in total. The normalized spacial score (nSPS) is 11.7. The molecule has 0 fully saturated rings. The molecule has 2 atom stereocenters. The lowest BCUT2D eigenvalue weighted by atomic mass is 9.97. The van der Waals surface area contributed by atoms with E-state index in [0.717, 1.165) is 47.5 Å². The monoisotopic (exact) mass is 652 g/mol. The van der Waals surface area contributed by atoms with Crippen molar-refractivity contribution >= 4 is 21.2 Å². The van der Waals surface area contributed by atoms with Gasteiger partial charge < -0.3 is 5.32 Å². The summed E-state index contributed by atoms with van der Waals surface area (Å²) in [5, 5.41) is 4.52. The third-order valence-electron chi connectivity index (χ3n) is 6.65. The molecule has 0 saturated heterocycles. The Morgan fingerprint density at radius 1 is 0.870 bits per heavy atom. The van der Waals surface area contributed by atoms with Crippen molar-refractivity contribution in [1.82, 2.24) is 5.32 Å². The van der Waals surface area contributed by atoms with Gasteiger partial charge in [-0.15, -0.1) is 22.4 Å². The number of rotatable bonds is 13. The maximum absolute atomic E-state index is 4.91. The van der Waals surface area contributed by atoms with Gasteiger partial charge in [-0.2, -0.15) is 0 Å². The number of nitrogens with one attached hydrogen (secondary N) is 1. The minimum absolute atomic E-state index is 0.705. The lowest BCUT2D eigenvalue weighted by Crippen LogP contribution is -2.14. The van der Waals surface area contributed by atoms with Crippen molar-refractivity contribution in [2.45, 2.75) is 135 Å². The molecule has 3 nitrogen and oxygen atoms in total. The van der Waals surface area contributed by atoms with E-state index in [0.29, 0.717) is 5.92 Å². The van der Waals surface area contributed by atoms with Gasteiger partial charge in [0.2, 0.25) is 0 Å². The third-order valence-corrected chi connectivity index (χ3v) is 7.21. The van der Waals surface area contributed by atoms with Crippen LogP contribution in [0.25, 0.3) is 0 Å². The van der Waals surface area contributed by atoms with Crippen LogP contribution in [-0.2, 0) is 6.42 Å². The van der Waals surface area contributed by atoms with Crippen LogP contribution >= 0.6 is 9.24 Å². The van der Waals surface area contributed by atoms with Crippen LogP contribution in [0.1, 0.15) is 144 Å². The minimum Gasteiger partial charge on any atom is -0.389 e. The standard InChI is InChI=1S/C22H34N3P.C12H18.3C2H6.C2H4/c1-6-8-11-14-24-18(4)15-21(20-13-10-9-12-17(20)3)25-19(5)22(26)16-23-7-2;1-4-10(3)12-8-6-11(5-2)7-9-12;4*1-2/h9-10,12-13,15-16,24H,6-8,11,14,26H2,1-5H3;6-10H,4-5H2,1-3H3;3*1-2H3;1-2H2/b18-15+,22-19-,23-16?,25-21-;;;;;. The van der Waals surface area contributed by atoms with Crippen molar-refractivity contribution in [2.24, 2.45) is 9.98 Å². The molecular formula is C42H74N3P. The number of aliphatic imine (C=N–C) groups is 2. The van der Waals surface area contributed by atoms with Gasteiger partial charge in [0.25, 0.3) is 0 Å². The Morgan fingerprint density at radius 2 is 1.43 bits per heavy atom. The molecule has 2 unspecified atom stereocenters. The summed E-state index contributed by atoms with van der Waals surface area (Å²) in [5.41, 5.74) is 8.36. The maximum atomic E-state index is 4.91. The zero-order valence-corrected chi connectivity index (χ0v) is 33.8. The largest absolute Gasteiger partial charge is 0.389 e. The van der Waals surface area contributed by atoms with Gasteiger partial charge in [-0.05, 0) is 75.6 Å². The van der Waals surface area contributed by atoms with Gasteiger partial charge in [0, 0.05) is 41.6 Å². The summed E-state index contributed by atoms with van der Waals surface area (Å²) in [6.07, 6.45) is 10.1. The van der Waals surface area contributed by atoms with Gasteiger partial charge in [-0.25, -0.2) is 0 Å². The molecule has 0 aliphatic heterocycles. The Kier molecular flexibility index (Phi) is 40.0. The fourth-order valence-electron chi connectivity index (χ4n) is 3.79. The number of benzene rings is 2. The second-order valence-electron chi connectivity index (χ2n) is 9.85. The van der Waals surface area contributed by atoms with Crippen LogP contribution < -0.4 is 5.32 Å². The molecular weight excluding hydrogens is 577 g/mol. The number of hydrogen-bond donors (Lipinski definition) is 1. The highest BCUT2D eigenvalue weighted by Crippen LogP contribution is 2.19. The maximum Gasteiger partial charge on any atom is 0.0725 e. The van der Waals surface area contributed by atoms with Crippen LogP contribution in [0.15, 0.2) is 94.5 Å². The minimum atomic E-state index is 0.705. The molecule has 0 saturated carbocycles. The Labute approximate surface area is 290 Å². The number of unbranched alkanes of at least 4 members (excludes halogenated alkanes) is 2. The van der Waals surface area contributed by atoms with E-state index < -0.39 is 0 Å². The second-order valence-corrected chi connectivity index (χ2v) is 10.5. The van der Waals surface area contributed by atoms with Gasteiger partial charge >= 0.3 is 0 Å². The van der Waals surface area contributed by atoms with Crippen molar-refractivity contribution in [3.8, 4) is 0 Å². The highest BCUT2D eigenvalue weighted by atomic mass is 31.0. The van der Waals surface area contributed by atoms with E-state index in [2.05, 4.69) is 129 Å². The van der Waals surface area contributed by atoms with Crippen LogP contribution in [-0.4, -0.2) is 25.0 Å². The number of aryl methyl sites for hydroxylation is 2. The van der Waals surface area contributed by atoms with E-state index >= 15 is 0 Å². The van der Waals surface area contributed by atoms with Crippen molar-refractivity contribution in [2.75, 3.05) is 13.1 Å². The summed E-state index contributed by atoms with van der Waals surface area (Å²) in [4.78, 5) is 9.22. The molecule has 0 radical (unpaired) electrons. The second kappa shape index (κ2) is 36.7. The molecule has 2 aromatic carbocycles. The van der Waals surface area contributed by atoms with E-state index in [1.54, 1.807) is 0 Å². The lowest BCUT2D eigenvalue weighted by molar-refractivity contribution is 0.667. The summed E-state index contributed by atoms with van der Waals surface area (Å²) >= 11 is 0. The SMILES string of the molecule is C=C.CC.CC.CC.CCCCCN/C(C)=C/C(=N/C(C)=C(\P)C=NCC)c1ccccc1C.CCc1ccc(C(C)CC)cc1. The highest BCUT2D eigenvalue weighted by Gasteiger charge is 2.06. The predicted molar refractivity (Wildman–Crippen MR) is 220 cm³/mol. The molecule has 0 aromatic heterocycles. The van der Waals surface area contributed by atoms with Crippen molar-refractivity contribution in [3.63, 3.8) is 0 Å². The Morgan fingerprint density at radius 3 is 1.91 bits per heavy atom. The Bertz CT molecular complexity index is 1080. The summed E-state index contributed by atoms with van der Waals surface area (Å²) in [5.74, 6) is 0.705. The fourth-order valence-corrected chi connectivity index (χ4v) is 3.96. The van der Waals surface area contributed by atoms with E-state index in [9.17, 15) is 0 Å². The first-order chi connectivity index (χ1) is 22.3. The summed E-state index contributed by atoms with van der Waals surface area (Å²) < 4.78 is 0. The first-order valence-corrected chi connectivity index (χ1v) is 18.5. The average Bonchev–Trinajstić information content (AvgIpc) is 3.12. The zero-order valence-electron chi connectivity index (χ0n) is 32.7. The van der Waals surface area contributed by atoms with E-state index in [1.165, 1.54) is 42.4 Å². The highest BCUT2D eigenvalue weighted by molar-refractivity contribution is 7.24. The molecule has 0 amide bonds. The Hall–Kier alpha value is -2.77. The molecule has 2 rings (SSSR count). The van der Waals surface area contributed by atoms with Crippen LogP contribution in [0.4, 0.5) is 0 Å². The average molecular weight is 652 g/mol. The number of nitrogens with zero attached hydrogens (tertiary/aromatic N) is 2. The smallest absolute Gasteiger partial charge is 0.0725 e. The molecule has 262 valence electrons. The third kappa shape index (κ3) is 24.5. The van der Waals surface area contributed by atoms with Crippen molar-refractivity contribution < 1.29 is 0 Å². The fraction of sp³-hybridized carbons (Fsp3) is 0.524. The topological polar surface area (TPSA) is 36.8 Å².